The van der Waals surface area contributed by atoms with E-state index in [0.29, 0.717) is 22.3 Å². The molecule has 0 radical (unpaired) electrons. The molecule has 9 heteroatoms. The quantitative estimate of drug-likeness (QED) is 0.562. The van der Waals surface area contributed by atoms with Crippen LogP contribution in [0.2, 0.25) is 0 Å². The number of non-ortho nitro benzene ring substituents is 1. The zero-order valence-electron chi connectivity index (χ0n) is 15.6. The summed E-state index contributed by atoms with van der Waals surface area (Å²) >= 11 is 0. The molecule has 1 aliphatic rings. The third kappa shape index (κ3) is 3.90. The van der Waals surface area contributed by atoms with Crippen LogP contribution in [0.25, 0.3) is 0 Å². The second-order valence-corrected chi connectivity index (χ2v) is 8.84. The second kappa shape index (κ2) is 7.33. The Balaban J connectivity index is 2.00. The molecule has 0 bridgehead atoms. The topological polar surface area (TPSA) is 124 Å². The number of nitrogens with zero attached hydrogens (tertiary/aromatic N) is 2. The number of nitrogens with two attached hydrogens (primary N) is 1. The minimum Gasteiger partial charge on any atom is -0.366 e. The molecule has 0 saturated heterocycles. The summed E-state index contributed by atoms with van der Waals surface area (Å²) in [5, 5.41) is 11.2. The van der Waals surface area contributed by atoms with Gasteiger partial charge in [0, 0.05) is 30.3 Å². The summed E-state index contributed by atoms with van der Waals surface area (Å²) in [5.74, 6) is -0.555. The fourth-order valence-electron chi connectivity index (χ4n) is 3.04. The molecule has 2 aromatic rings. The van der Waals surface area contributed by atoms with Crippen molar-refractivity contribution in [2.45, 2.75) is 44.2 Å². The number of rotatable bonds is 7. The highest BCUT2D eigenvalue weighted by molar-refractivity contribution is 7.89. The molecule has 148 valence electrons. The van der Waals surface area contributed by atoms with Crippen LogP contribution in [0.4, 0.5) is 5.69 Å². The van der Waals surface area contributed by atoms with E-state index < -0.39 is 20.9 Å². The van der Waals surface area contributed by atoms with E-state index in [2.05, 4.69) is 0 Å². The average Bonchev–Trinajstić information content (AvgIpc) is 3.46. The van der Waals surface area contributed by atoms with Gasteiger partial charge in [0.1, 0.15) is 0 Å². The lowest BCUT2D eigenvalue weighted by Crippen LogP contribution is -2.33. The summed E-state index contributed by atoms with van der Waals surface area (Å²) in [6.45, 7) is 3.43. The standard InChI is InChI=1S/C19H21N3O5S/c1-12-9-17(22(24)25)10-18(13(12)2)28(26,27)21(16-7-8-16)11-14-3-5-15(6-4-14)19(20)23/h3-6,9-10,16H,7-8,11H2,1-2H3,(H2,20,23). The normalized spacial score (nSPS) is 14.2. The smallest absolute Gasteiger partial charge is 0.271 e. The lowest BCUT2D eigenvalue weighted by Gasteiger charge is -2.23. The predicted octanol–water partition coefficient (Wildman–Crippen LogP) is 2.66. The first kappa shape index (κ1) is 20.0. The third-order valence-corrected chi connectivity index (χ3v) is 6.96. The Morgan fingerprint density at radius 1 is 1.21 bits per heavy atom. The van der Waals surface area contributed by atoms with Gasteiger partial charge in [-0.3, -0.25) is 14.9 Å². The molecule has 1 aliphatic carbocycles. The van der Waals surface area contributed by atoms with Crippen molar-refractivity contribution in [3.63, 3.8) is 0 Å². The molecule has 0 unspecified atom stereocenters. The zero-order chi connectivity index (χ0) is 20.6. The van der Waals surface area contributed by atoms with Crippen molar-refractivity contribution in [1.29, 1.82) is 0 Å². The van der Waals surface area contributed by atoms with Crippen LogP contribution in [0.15, 0.2) is 41.3 Å². The number of benzene rings is 2. The van der Waals surface area contributed by atoms with Gasteiger partial charge in [0.25, 0.3) is 5.69 Å². The second-order valence-electron chi connectivity index (χ2n) is 6.99. The van der Waals surface area contributed by atoms with Gasteiger partial charge in [-0.1, -0.05) is 12.1 Å². The van der Waals surface area contributed by atoms with Gasteiger partial charge >= 0.3 is 0 Å². The van der Waals surface area contributed by atoms with Crippen molar-refractivity contribution >= 4 is 21.6 Å². The van der Waals surface area contributed by atoms with Crippen molar-refractivity contribution in [3.8, 4) is 0 Å². The Hall–Kier alpha value is -2.78. The van der Waals surface area contributed by atoms with Crippen LogP contribution in [0, 0.1) is 24.0 Å². The van der Waals surface area contributed by atoms with Crippen molar-refractivity contribution in [2.24, 2.45) is 5.73 Å². The van der Waals surface area contributed by atoms with Gasteiger partial charge in [0.2, 0.25) is 15.9 Å². The van der Waals surface area contributed by atoms with Gasteiger partial charge in [-0.05, 0) is 55.5 Å². The molecule has 8 nitrogen and oxygen atoms in total. The summed E-state index contributed by atoms with van der Waals surface area (Å²) in [6.07, 6.45) is 1.48. The van der Waals surface area contributed by atoms with Crippen molar-refractivity contribution in [3.05, 3.63) is 68.8 Å². The molecule has 2 N–H and O–H groups in total. The summed E-state index contributed by atoms with van der Waals surface area (Å²) in [7, 11) is -3.93. The zero-order valence-corrected chi connectivity index (χ0v) is 16.4. The number of carbonyl (C=O) groups excluding carboxylic acids is 1. The van der Waals surface area contributed by atoms with E-state index in [1.165, 1.54) is 10.4 Å². The molecule has 0 aromatic heterocycles. The number of aryl methyl sites for hydroxylation is 1. The molecule has 1 amide bonds. The number of amides is 1. The minimum atomic E-state index is -3.93. The molecule has 2 aromatic carbocycles. The number of carbonyl (C=O) groups is 1. The van der Waals surface area contributed by atoms with Crippen molar-refractivity contribution in [2.75, 3.05) is 0 Å². The first-order valence-corrected chi connectivity index (χ1v) is 10.2. The van der Waals surface area contributed by atoms with E-state index in [1.54, 1.807) is 38.1 Å². The fourth-order valence-corrected chi connectivity index (χ4v) is 5.03. The van der Waals surface area contributed by atoms with Gasteiger partial charge in [-0.15, -0.1) is 0 Å². The summed E-state index contributed by atoms with van der Waals surface area (Å²) in [5.41, 5.74) is 7.09. The highest BCUT2D eigenvalue weighted by atomic mass is 32.2. The molecule has 3 rings (SSSR count). The highest BCUT2D eigenvalue weighted by Gasteiger charge is 2.39. The SMILES string of the molecule is Cc1cc([N+](=O)[O-])cc(S(=O)(=O)N(Cc2ccc(C(N)=O)cc2)C2CC2)c1C. The number of primary amides is 1. The van der Waals surface area contributed by atoms with Crippen LogP contribution >= 0.6 is 0 Å². The maximum Gasteiger partial charge on any atom is 0.271 e. The number of sulfonamides is 1. The van der Waals surface area contributed by atoms with E-state index in [1.807, 2.05) is 0 Å². The number of hydrogen-bond acceptors (Lipinski definition) is 5. The molecular weight excluding hydrogens is 382 g/mol. The van der Waals surface area contributed by atoms with Crippen LogP contribution < -0.4 is 5.73 Å². The van der Waals surface area contributed by atoms with Crippen molar-refractivity contribution < 1.29 is 18.1 Å². The average molecular weight is 403 g/mol. The van der Waals surface area contributed by atoms with E-state index in [0.717, 1.165) is 18.9 Å². The van der Waals surface area contributed by atoms with Gasteiger partial charge < -0.3 is 5.73 Å². The van der Waals surface area contributed by atoms with Gasteiger partial charge in [-0.2, -0.15) is 4.31 Å². The molecule has 1 fully saturated rings. The predicted molar refractivity (Wildman–Crippen MR) is 103 cm³/mol. The maximum absolute atomic E-state index is 13.4. The molecule has 0 atom stereocenters. The Bertz CT molecular complexity index is 1040. The highest BCUT2D eigenvalue weighted by Crippen LogP contribution is 2.36. The van der Waals surface area contributed by atoms with Gasteiger partial charge in [0.15, 0.2) is 0 Å². The molecule has 0 aliphatic heterocycles. The molecule has 0 heterocycles. The van der Waals surface area contributed by atoms with Crippen molar-refractivity contribution in [1.82, 2.24) is 4.31 Å². The first-order chi connectivity index (χ1) is 13.1. The fraction of sp³-hybridized carbons (Fsp3) is 0.316. The lowest BCUT2D eigenvalue weighted by molar-refractivity contribution is -0.385. The summed E-state index contributed by atoms with van der Waals surface area (Å²) in [4.78, 5) is 21.8. The largest absolute Gasteiger partial charge is 0.366 e. The monoisotopic (exact) mass is 403 g/mol. The van der Waals surface area contributed by atoms with E-state index in [-0.39, 0.29) is 23.2 Å². The number of nitro benzene ring substituents is 1. The van der Waals surface area contributed by atoms with E-state index >= 15 is 0 Å². The third-order valence-electron chi connectivity index (χ3n) is 4.93. The summed E-state index contributed by atoms with van der Waals surface area (Å²) < 4.78 is 28.1. The molecule has 0 spiro atoms. The first-order valence-electron chi connectivity index (χ1n) is 8.77. The lowest BCUT2D eigenvalue weighted by atomic mass is 10.1. The molecular formula is C19H21N3O5S. The maximum atomic E-state index is 13.4. The van der Waals surface area contributed by atoms with Crippen LogP contribution in [0.3, 0.4) is 0 Å². The van der Waals surface area contributed by atoms with E-state index in [4.69, 9.17) is 5.73 Å². The van der Waals surface area contributed by atoms with E-state index in [9.17, 15) is 23.3 Å². The Kier molecular flexibility index (Phi) is 5.22. The molecule has 1 saturated carbocycles. The number of hydrogen-bond donors (Lipinski definition) is 1. The number of nitro groups is 1. The molecule has 28 heavy (non-hydrogen) atoms. The van der Waals surface area contributed by atoms with Crippen LogP contribution in [0.1, 0.15) is 39.9 Å². The minimum absolute atomic E-state index is 0.0418. The Labute approximate surface area is 163 Å². The van der Waals surface area contributed by atoms with Gasteiger partial charge in [0.05, 0.1) is 9.82 Å². The van der Waals surface area contributed by atoms with Crippen LogP contribution in [-0.2, 0) is 16.6 Å². The summed E-state index contributed by atoms with van der Waals surface area (Å²) in [6, 6.07) is 8.80. The van der Waals surface area contributed by atoms with Crippen LogP contribution in [0.5, 0.6) is 0 Å². The van der Waals surface area contributed by atoms with Crippen LogP contribution in [-0.4, -0.2) is 29.6 Å². The van der Waals surface area contributed by atoms with Gasteiger partial charge in [-0.25, -0.2) is 8.42 Å². The Morgan fingerprint density at radius 3 is 2.32 bits per heavy atom. The Morgan fingerprint density at radius 2 is 1.82 bits per heavy atom.